The van der Waals surface area contributed by atoms with E-state index in [0.29, 0.717) is 25.4 Å². The van der Waals surface area contributed by atoms with Gasteiger partial charge in [-0.3, -0.25) is 15.0 Å². The van der Waals surface area contributed by atoms with E-state index in [1.165, 1.54) is 0 Å². The van der Waals surface area contributed by atoms with Gasteiger partial charge >= 0.3 is 6.03 Å². The van der Waals surface area contributed by atoms with Crippen molar-refractivity contribution in [2.24, 2.45) is 11.7 Å². The van der Waals surface area contributed by atoms with Gasteiger partial charge in [-0.25, -0.2) is 4.79 Å². The number of nitrogens with one attached hydrogen (secondary N) is 1. The van der Waals surface area contributed by atoms with Gasteiger partial charge in [-0.15, -0.1) is 0 Å². The second-order valence-corrected chi connectivity index (χ2v) is 3.95. The average Bonchev–Trinajstić information content (AvgIpc) is 2.11. The minimum Gasteiger partial charge on any atom is -0.351 e. The Morgan fingerprint density at radius 1 is 1.50 bits per heavy atom. The molecule has 0 unspecified atom stereocenters. The molecule has 0 heterocycles. The van der Waals surface area contributed by atoms with Gasteiger partial charge in [-0.1, -0.05) is 13.8 Å². The summed E-state index contributed by atoms with van der Waals surface area (Å²) in [5.74, 6) is -0.0499. The third-order valence-electron chi connectivity index (χ3n) is 1.79. The zero-order chi connectivity index (χ0) is 12.6. The lowest BCUT2D eigenvalue weighted by atomic mass is 10.2. The van der Waals surface area contributed by atoms with E-state index in [0.717, 1.165) is 0 Å². The Morgan fingerprint density at radius 3 is 2.56 bits per heavy atom. The van der Waals surface area contributed by atoms with Gasteiger partial charge in [0, 0.05) is 19.5 Å². The van der Waals surface area contributed by atoms with Gasteiger partial charge in [0.1, 0.15) is 0 Å². The number of rotatable bonds is 6. The van der Waals surface area contributed by atoms with Crippen LogP contribution in [0.5, 0.6) is 0 Å². The normalized spacial score (nSPS) is 10.2. The molecule has 0 saturated heterocycles. The summed E-state index contributed by atoms with van der Waals surface area (Å²) in [4.78, 5) is 23.5. The Hall–Kier alpha value is -1.61. The summed E-state index contributed by atoms with van der Waals surface area (Å²) in [5.41, 5.74) is 4.83. The molecule has 3 amide bonds. The van der Waals surface area contributed by atoms with E-state index in [1.54, 1.807) is 0 Å². The third kappa shape index (κ3) is 7.76. The highest BCUT2D eigenvalue weighted by Gasteiger charge is 2.12. The van der Waals surface area contributed by atoms with Crippen LogP contribution in [0, 0.1) is 17.2 Å². The summed E-state index contributed by atoms with van der Waals surface area (Å²) in [7, 11) is 0. The number of urea groups is 1. The molecule has 0 atom stereocenters. The Morgan fingerprint density at radius 2 is 2.12 bits per heavy atom. The molecule has 0 spiro atoms. The monoisotopic (exact) mass is 226 g/mol. The molecular weight excluding hydrogens is 208 g/mol. The van der Waals surface area contributed by atoms with Crippen LogP contribution < -0.4 is 11.1 Å². The molecule has 0 aromatic rings. The van der Waals surface area contributed by atoms with Crippen molar-refractivity contribution in [3.63, 3.8) is 0 Å². The average molecular weight is 226 g/mol. The van der Waals surface area contributed by atoms with E-state index in [9.17, 15) is 9.59 Å². The van der Waals surface area contributed by atoms with Crippen molar-refractivity contribution >= 4 is 11.9 Å². The van der Waals surface area contributed by atoms with Gasteiger partial charge in [0.2, 0.25) is 5.91 Å². The molecule has 0 rings (SSSR count). The first-order chi connectivity index (χ1) is 7.45. The lowest BCUT2D eigenvalue weighted by molar-refractivity contribution is -0.121. The highest BCUT2D eigenvalue weighted by molar-refractivity contribution is 5.94. The highest BCUT2D eigenvalue weighted by atomic mass is 16.2. The topological polar surface area (TPSA) is 99.2 Å². The second kappa shape index (κ2) is 7.65. The van der Waals surface area contributed by atoms with Crippen LogP contribution in [0.25, 0.3) is 0 Å². The number of nitrogens with two attached hydrogens (primary N) is 1. The molecule has 0 aliphatic heterocycles. The van der Waals surface area contributed by atoms with Crippen LogP contribution in [-0.4, -0.2) is 36.5 Å². The third-order valence-corrected chi connectivity index (χ3v) is 1.79. The summed E-state index contributed by atoms with van der Waals surface area (Å²) in [6.45, 7) is 5.34. The number of carbonyl (C=O) groups is 2. The van der Waals surface area contributed by atoms with Crippen LogP contribution in [0.15, 0.2) is 0 Å². The predicted octanol–water partition coefficient (Wildman–Crippen LogP) is 0.0530. The highest BCUT2D eigenvalue weighted by Crippen LogP contribution is 1.99. The van der Waals surface area contributed by atoms with E-state index >= 15 is 0 Å². The Labute approximate surface area is 95.4 Å². The van der Waals surface area contributed by atoms with Gasteiger partial charge in [0.05, 0.1) is 12.6 Å². The molecule has 0 bridgehead atoms. The Bertz CT molecular complexity index is 283. The number of nitriles is 1. The molecule has 0 saturated carbocycles. The molecule has 0 radical (unpaired) electrons. The molecule has 6 heteroatoms. The lowest BCUT2D eigenvalue weighted by Gasteiger charge is -2.21. The fourth-order valence-corrected chi connectivity index (χ4v) is 1.34. The summed E-state index contributed by atoms with van der Waals surface area (Å²) in [5, 5.41) is 10.5. The SMILES string of the molecule is CC(C)CN(CCC#N)CC(=O)NC(N)=O. The van der Waals surface area contributed by atoms with Crippen LogP contribution in [0.1, 0.15) is 20.3 Å². The fourth-order valence-electron chi connectivity index (χ4n) is 1.34. The Balaban J connectivity index is 4.14. The van der Waals surface area contributed by atoms with Crippen molar-refractivity contribution in [3.8, 4) is 6.07 Å². The first-order valence-electron chi connectivity index (χ1n) is 5.14. The van der Waals surface area contributed by atoms with Crippen molar-refractivity contribution in [1.82, 2.24) is 10.2 Å². The summed E-state index contributed by atoms with van der Waals surface area (Å²) >= 11 is 0. The van der Waals surface area contributed by atoms with Crippen LogP contribution in [0.2, 0.25) is 0 Å². The Kier molecular flexibility index (Phi) is 6.88. The van der Waals surface area contributed by atoms with Crippen molar-refractivity contribution in [2.45, 2.75) is 20.3 Å². The fraction of sp³-hybridized carbons (Fsp3) is 0.700. The molecule has 6 nitrogen and oxygen atoms in total. The van der Waals surface area contributed by atoms with Gasteiger partial charge in [-0.05, 0) is 5.92 Å². The molecular formula is C10H18N4O2. The van der Waals surface area contributed by atoms with Gasteiger partial charge in [0.15, 0.2) is 0 Å². The zero-order valence-corrected chi connectivity index (χ0v) is 9.69. The number of nitrogens with zero attached hydrogens (tertiary/aromatic N) is 2. The number of hydrogen-bond acceptors (Lipinski definition) is 4. The maximum atomic E-state index is 11.3. The molecule has 16 heavy (non-hydrogen) atoms. The van der Waals surface area contributed by atoms with Crippen LogP contribution in [-0.2, 0) is 4.79 Å². The van der Waals surface area contributed by atoms with Crippen LogP contribution in [0.4, 0.5) is 4.79 Å². The molecule has 90 valence electrons. The van der Waals surface area contributed by atoms with Crippen LogP contribution in [0.3, 0.4) is 0 Å². The molecule has 0 aliphatic rings. The molecule has 3 N–H and O–H groups in total. The predicted molar refractivity (Wildman–Crippen MR) is 59.2 cm³/mol. The van der Waals surface area contributed by atoms with Gasteiger partial charge in [-0.2, -0.15) is 5.26 Å². The minimum atomic E-state index is -0.852. The smallest absolute Gasteiger partial charge is 0.318 e. The van der Waals surface area contributed by atoms with Crippen molar-refractivity contribution < 1.29 is 9.59 Å². The van der Waals surface area contributed by atoms with Crippen molar-refractivity contribution in [3.05, 3.63) is 0 Å². The second-order valence-electron chi connectivity index (χ2n) is 3.95. The van der Waals surface area contributed by atoms with Gasteiger partial charge < -0.3 is 5.73 Å². The maximum absolute atomic E-state index is 11.3. The molecule has 0 aromatic heterocycles. The van der Waals surface area contributed by atoms with Gasteiger partial charge in [0.25, 0.3) is 0 Å². The van der Waals surface area contributed by atoms with Crippen molar-refractivity contribution in [1.29, 1.82) is 5.26 Å². The first kappa shape index (κ1) is 14.4. The molecule has 0 aromatic carbocycles. The summed E-state index contributed by atoms with van der Waals surface area (Å²) < 4.78 is 0. The summed E-state index contributed by atoms with van der Waals surface area (Å²) in [6, 6.07) is 1.17. The van der Waals surface area contributed by atoms with E-state index < -0.39 is 11.9 Å². The quantitative estimate of drug-likeness (QED) is 0.668. The van der Waals surface area contributed by atoms with E-state index in [1.807, 2.05) is 30.1 Å². The number of hydrogen-bond donors (Lipinski definition) is 2. The summed E-state index contributed by atoms with van der Waals surface area (Å²) in [6.07, 6.45) is 0.358. The van der Waals surface area contributed by atoms with E-state index in [-0.39, 0.29) is 6.54 Å². The number of primary amides is 1. The van der Waals surface area contributed by atoms with E-state index in [2.05, 4.69) is 0 Å². The lowest BCUT2D eigenvalue weighted by Crippen LogP contribution is -2.43. The number of amides is 3. The number of imide groups is 1. The minimum absolute atomic E-state index is 0.0861. The van der Waals surface area contributed by atoms with Crippen molar-refractivity contribution in [2.75, 3.05) is 19.6 Å². The maximum Gasteiger partial charge on any atom is 0.318 e. The molecule has 0 fully saturated rings. The largest absolute Gasteiger partial charge is 0.351 e. The van der Waals surface area contributed by atoms with E-state index in [4.69, 9.17) is 11.0 Å². The molecule has 0 aliphatic carbocycles. The first-order valence-corrected chi connectivity index (χ1v) is 5.14. The van der Waals surface area contributed by atoms with Crippen LogP contribution >= 0.6 is 0 Å². The standard InChI is InChI=1S/C10H18N4O2/c1-8(2)6-14(5-3-4-11)7-9(15)13-10(12)16/h8H,3,5-7H2,1-2H3,(H3,12,13,15,16). The number of carbonyl (C=O) groups excluding carboxylic acids is 2. The zero-order valence-electron chi connectivity index (χ0n) is 9.69.